The van der Waals surface area contributed by atoms with Crippen molar-refractivity contribution >= 4 is 0 Å². The minimum Gasteiger partial charge on any atom is -0.385 e. The Morgan fingerprint density at radius 1 is 1.29 bits per heavy atom. The molecule has 1 aromatic rings. The van der Waals surface area contributed by atoms with Gasteiger partial charge in [0, 0.05) is 0 Å². The highest BCUT2D eigenvalue weighted by Gasteiger charge is 2.37. The fraction of sp³-hybridized carbons (Fsp3) is 0.538. The van der Waals surface area contributed by atoms with Crippen molar-refractivity contribution in [1.29, 1.82) is 0 Å². The van der Waals surface area contributed by atoms with Crippen molar-refractivity contribution in [3.05, 3.63) is 35.4 Å². The van der Waals surface area contributed by atoms with Gasteiger partial charge in [-0.2, -0.15) is 0 Å². The molecule has 0 amide bonds. The molecule has 1 atom stereocenters. The summed E-state index contributed by atoms with van der Waals surface area (Å²) in [5.74, 6) is 0.462. The highest BCUT2D eigenvalue weighted by Crippen LogP contribution is 2.42. The molecule has 0 saturated heterocycles. The Hall–Kier alpha value is -0.820. The van der Waals surface area contributed by atoms with Gasteiger partial charge < -0.3 is 5.11 Å². The molecule has 0 aliphatic heterocycles. The first-order chi connectivity index (χ1) is 6.62. The number of hydrogen-bond donors (Lipinski definition) is 1. The van der Waals surface area contributed by atoms with Crippen LogP contribution in [0.25, 0.3) is 0 Å². The summed E-state index contributed by atoms with van der Waals surface area (Å²) in [5, 5.41) is 10.5. The van der Waals surface area contributed by atoms with Gasteiger partial charge in [-0.15, -0.1) is 0 Å². The van der Waals surface area contributed by atoms with Crippen molar-refractivity contribution in [2.24, 2.45) is 5.92 Å². The van der Waals surface area contributed by atoms with E-state index in [0.29, 0.717) is 5.92 Å². The first-order valence-electron chi connectivity index (χ1n) is 5.41. The van der Waals surface area contributed by atoms with Crippen LogP contribution < -0.4 is 0 Å². The van der Waals surface area contributed by atoms with E-state index in [-0.39, 0.29) is 0 Å². The average Bonchev–Trinajstić information content (AvgIpc) is 2.00. The maximum atomic E-state index is 10.5. The van der Waals surface area contributed by atoms with Gasteiger partial charge >= 0.3 is 0 Å². The standard InChI is InChI=1S/C13H18O/c1-10-6-3-4-9-12(10)13(2,14)11-7-5-8-11/h3-4,6,9,11,14H,5,7-8H2,1-2H3. The normalized spacial score (nSPS) is 21.4. The van der Waals surface area contributed by atoms with E-state index in [1.165, 1.54) is 24.8 Å². The van der Waals surface area contributed by atoms with Crippen LogP contribution in [-0.2, 0) is 5.60 Å². The second-order valence-electron chi connectivity index (χ2n) is 4.59. The SMILES string of the molecule is Cc1ccccc1C(C)(O)C1CCC1. The Balaban J connectivity index is 2.32. The van der Waals surface area contributed by atoms with Gasteiger partial charge in [-0.3, -0.25) is 0 Å². The third kappa shape index (κ3) is 1.46. The molecule has 1 heteroatoms. The van der Waals surface area contributed by atoms with Crippen molar-refractivity contribution in [2.75, 3.05) is 0 Å². The van der Waals surface area contributed by atoms with E-state index in [1.54, 1.807) is 0 Å². The minimum absolute atomic E-state index is 0.462. The fourth-order valence-corrected chi connectivity index (χ4v) is 2.33. The topological polar surface area (TPSA) is 20.2 Å². The molecule has 0 aromatic heterocycles. The summed E-state index contributed by atoms with van der Waals surface area (Å²) in [6.45, 7) is 4.03. The molecular weight excluding hydrogens is 172 g/mol. The predicted octanol–water partition coefficient (Wildman–Crippen LogP) is 3.00. The molecule has 1 nitrogen and oxygen atoms in total. The van der Waals surface area contributed by atoms with Gasteiger partial charge in [-0.05, 0) is 43.7 Å². The predicted molar refractivity (Wildman–Crippen MR) is 58.1 cm³/mol. The lowest BCUT2D eigenvalue weighted by atomic mass is 9.70. The number of rotatable bonds is 2. The molecule has 2 rings (SSSR count). The van der Waals surface area contributed by atoms with E-state index in [4.69, 9.17) is 0 Å². The van der Waals surface area contributed by atoms with Crippen molar-refractivity contribution < 1.29 is 5.11 Å². The van der Waals surface area contributed by atoms with Crippen molar-refractivity contribution in [2.45, 2.75) is 38.7 Å². The van der Waals surface area contributed by atoms with Gasteiger partial charge in [-0.1, -0.05) is 30.7 Å². The van der Waals surface area contributed by atoms with E-state index in [0.717, 1.165) is 5.56 Å². The molecule has 0 spiro atoms. The molecule has 0 radical (unpaired) electrons. The molecule has 1 aliphatic rings. The van der Waals surface area contributed by atoms with Crippen LogP contribution in [0.4, 0.5) is 0 Å². The maximum absolute atomic E-state index is 10.5. The third-order valence-electron chi connectivity index (χ3n) is 3.59. The zero-order valence-electron chi connectivity index (χ0n) is 8.96. The Kier molecular flexibility index (Phi) is 2.36. The molecule has 1 aliphatic carbocycles. The molecule has 1 N–H and O–H groups in total. The third-order valence-corrected chi connectivity index (χ3v) is 3.59. The van der Waals surface area contributed by atoms with Gasteiger partial charge in [0.2, 0.25) is 0 Å². The second-order valence-corrected chi connectivity index (χ2v) is 4.59. The van der Waals surface area contributed by atoms with Crippen molar-refractivity contribution in [1.82, 2.24) is 0 Å². The van der Waals surface area contributed by atoms with Crippen molar-refractivity contribution in [3.63, 3.8) is 0 Å². The molecule has 1 unspecified atom stereocenters. The molecular formula is C13H18O. The zero-order chi connectivity index (χ0) is 10.2. The first-order valence-corrected chi connectivity index (χ1v) is 5.41. The van der Waals surface area contributed by atoms with Crippen LogP contribution in [0.3, 0.4) is 0 Å². The summed E-state index contributed by atoms with van der Waals surface area (Å²) in [6.07, 6.45) is 3.61. The summed E-state index contributed by atoms with van der Waals surface area (Å²) >= 11 is 0. The molecule has 1 fully saturated rings. The largest absolute Gasteiger partial charge is 0.385 e. The number of benzene rings is 1. The smallest absolute Gasteiger partial charge is 0.0899 e. The Morgan fingerprint density at radius 3 is 2.43 bits per heavy atom. The van der Waals surface area contributed by atoms with Crippen LogP contribution in [0, 0.1) is 12.8 Å². The van der Waals surface area contributed by atoms with Crippen LogP contribution in [0.1, 0.15) is 37.3 Å². The first kappa shape index (κ1) is 9.72. The quantitative estimate of drug-likeness (QED) is 0.760. The van der Waals surface area contributed by atoms with Gasteiger partial charge in [0.25, 0.3) is 0 Å². The summed E-state index contributed by atoms with van der Waals surface area (Å²) in [7, 11) is 0. The fourth-order valence-electron chi connectivity index (χ4n) is 2.33. The highest BCUT2D eigenvalue weighted by molar-refractivity contribution is 5.31. The second kappa shape index (κ2) is 3.39. The highest BCUT2D eigenvalue weighted by atomic mass is 16.3. The molecule has 1 saturated carbocycles. The summed E-state index contributed by atoms with van der Waals surface area (Å²) in [6, 6.07) is 8.15. The van der Waals surface area contributed by atoms with Crippen LogP contribution in [-0.4, -0.2) is 5.11 Å². The zero-order valence-corrected chi connectivity index (χ0v) is 8.96. The van der Waals surface area contributed by atoms with E-state index in [2.05, 4.69) is 13.0 Å². The summed E-state index contributed by atoms with van der Waals surface area (Å²) < 4.78 is 0. The van der Waals surface area contributed by atoms with Crippen LogP contribution in [0.2, 0.25) is 0 Å². The summed E-state index contributed by atoms with van der Waals surface area (Å²) in [5.41, 5.74) is 1.68. The average molecular weight is 190 g/mol. The lowest BCUT2D eigenvalue weighted by molar-refractivity contribution is -0.0403. The van der Waals surface area contributed by atoms with Gasteiger partial charge in [0.1, 0.15) is 0 Å². The molecule has 0 bridgehead atoms. The molecule has 76 valence electrons. The minimum atomic E-state index is -0.621. The molecule has 1 aromatic carbocycles. The Morgan fingerprint density at radius 2 is 1.93 bits per heavy atom. The van der Waals surface area contributed by atoms with Crippen LogP contribution >= 0.6 is 0 Å². The number of aliphatic hydroxyl groups is 1. The number of aryl methyl sites for hydroxylation is 1. The summed E-state index contributed by atoms with van der Waals surface area (Å²) in [4.78, 5) is 0. The molecule has 0 heterocycles. The van der Waals surface area contributed by atoms with E-state index in [1.807, 2.05) is 25.1 Å². The van der Waals surface area contributed by atoms with Crippen LogP contribution in [0.15, 0.2) is 24.3 Å². The van der Waals surface area contributed by atoms with Gasteiger partial charge in [-0.25, -0.2) is 0 Å². The number of hydrogen-bond acceptors (Lipinski definition) is 1. The van der Waals surface area contributed by atoms with E-state index in [9.17, 15) is 5.11 Å². The maximum Gasteiger partial charge on any atom is 0.0899 e. The van der Waals surface area contributed by atoms with Crippen molar-refractivity contribution in [3.8, 4) is 0 Å². The Bertz CT molecular complexity index is 324. The van der Waals surface area contributed by atoms with Gasteiger partial charge in [0.05, 0.1) is 5.60 Å². The van der Waals surface area contributed by atoms with Gasteiger partial charge in [0.15, 0.2) is 0 Å². The van der Waals surface area contributed by atoms with E-state index >= 15 is 0 Å². The lowest BCUT2D eigenvalue weighted by Crippen LogP contribution is -2.36. The van der Waals surface area contributed by atoms with Crippen LogP contribution in [0.5, 0.6) is 0 Å². The van der Waals surface area contributed by atoms with E-state index < -0.39 is 5.60 Å². The molecule has 14 heavy (non-hydrogen) atoms. The lowest BCUT2D eigenvalue weighted by Gasteiger charge is -2.40. The monoisotopic (exact) mass is 190 g/mol. The Labute approximate surface area is 85.8 Å².